The maximum Gasteiger partial charge on any atom is 0.161 e. The van der Waals surface area contributed by atoms with Gasteiger partial charge >= 0.3 is 0 Å². The van der Waals surface area contributed by atoms with E-state index in [-0.39, 0.29) is 59.7 Å². The van der Waals surface area contributed by atoms with E-state index in [1.54, 1.807) is 0 Å². The summed E-state index contributed by atoms with van der Waals surface area (Å²) in [5.41, 5.74) is 8.36. The second-order valence-corrected chi connectivity index (χ2v) is 17.1. The van der Waals surface area contributed by atoms with E-state index < -0.39 is 0 Å². The number of nitrogens with zero attached hydrogens (tertiary/aromatic N) is 1. The summed E-state index contributed by atoms with van der Waals surface area (Å²) in [5, 5.41) is 16.2. The van der Waals surface area contributed by atoms with Crippen LogP contribution in [0.5, 0.6) is 0 Å². The molecule has 1 aliphatic carbocycles. The van der Waals surface area contributed by atoms with Gasteiger partial charge in [0.1, 0.15) is 11.2 Å². The number of pyridine rings is 1. The van der Waals surface area contributed by atoms with Gasteiger partial charge in [0, 0.05) is 66.2 Å². The van der Waals surface area contributed by atoms with Crippen molar-refractivity contribution in [1.29, 1.82) is 0 Å². The largest absolute Gasteiger partial charge is 0.512 e. The number of furan rings is 1. The SMILES string of the molecule is CC(C)(C)c1cc(-c2nccc3cc4oc5c6c(ccc5c4cc23)C(C)(C)CCC6(C)C)[c-]c2ccccc12.CC(C)C(=O)/C=C(\O)C(C)C.[Ir]. The van der Waals surface area contributed by atoms with Gasteiger partial charge in [0.2, 0.25) is 0 Å². The molecular formula is C46H52IrNO3-. The quantitative estimate of drug-likeness (QED) is 0.109. The Morgan fingerprint density at radius 2 is 1.55 bits per heavy atom. The smallest absolute Gasteiger partial charge is 0.161 e. The topological polar surface area (TPSA) is 63.3 Å². The second-order valence-electron chi connectivity index (χ2n) is 17.1. The average Bonchev–Trinajstić information content (AvgIpc) is 3.41. The Morgan fingerprint density at radius 3 is 2.22 bits per heavy atom. The van der Waals surface area contributed by atoms with Gasteiger partial charge in [0.05, 0.1) is 5.76 Å². The van der Waals surface area contributed by atoms with Crippen LogP contribution in [0.1, 0.15) is 106 Å². The monoisotopic (exact) mass is 859 g/mol. The second kappa shape index (κ2) is 14.0. The number of aliphatic hydroxyl groups is 1. The number of carbonyl (C=O) groups excluding carboxylic acids is 1. The van der Waals surface area contributed by atoms with Crippen LogP contribution in [0, 0.1) is 17.9 Å². The molecule has 269 valence electrons. The van der Waals surface area contributed by atoms with Crippen molar-refractivity contribution < 1.29 is 34.4 Å². The molecule has 0 aliphatic heterocycles. The molecule has 1 radical (unpaired) electrons. The molecule has 0 atom stereocenters. The summed E-state index contributed by atoms with van der Waals surface area (Å²) in [6, 6.07) is 25.8. The molecule has 0 bridgehead atoms. The number of benzene rings is 4. The van der Waals surface area contributed by atoms with Crippen LogP contribution in [0.3, 0.4) is 0 Å². The van der Waals surface area contributed by atoms with Gasteiger partial charge in [-0.05, 0) is 63.6 Å². The van der Waals surface area contributed by atoms with Gasteiger partial charge in [0.15, 0.2) is 5.78 Å². The van der Waals surface area contributed by atoms with Crippen LogP contribution < -0.4 is 0 Å². The summed E-state index contributed by atoms with van der Waals surface area (Å²) in [4.78, 5) is 16.0. The first-order valence-electron chi connectivity index (χ1n) is 18.1. The zero-order valence-electron chi connectivity index (χ0n) is 32.0. The number of hydrogen-bond acceptors (Lipinski definition) is 4. The van der Waals surface area contributed by atoms with Gasteiger partial charge < -0.3 is 9.52 Å². The Morgan fingerprint density at radius 1 is 0.863 bits per heavy atom. The molecule has 7 rings (SSSR count). The molecule has 0 spiro atoms. The molecular weight excluding hydrogens is 807 g/mol. The summed E-state index contributed by atoms with van der Waals surface area (Å²) in [6.45, 7) is 23.6. The van der Waals surface area contributed by atoms with Crippen molar-refractivity contribution in [3.8, 4) is 11.3 Å². The Labute approximate surface area is 317 Å². The predicted octanol–water partition coefficient (Wildman–Crippen LogP) is 12.7. The van der Waals surface area contributed by atoms with Crippen LogP contribution >= 0.6 is 0 Å². The molecule has 2 aromatic heterocycles. The third-order valence-electron chi connectivity index (χ3n) is 10.6. The first-order valence-corrected chi connectivity index (χ1v) is 18.1. The first-order chi connectivity index (χ1) is 23.4. The van der Waals surface area contributed by atoms with E-state index in [4.69, 9.17) is 9.40 Å². The Balaban J connectivity index is 0.000000367. The van der Waals surface area contributed by atoms with Crippen LogP contribution in [0.4, 0.5) is 0 Å². The normalized spacial score (nSPS) is 15.6. The number of hydrogen-bond donors (Lipinski definition) is 1. The zero-order chi connectivity index (χ0) is 36.3. The Kier molecular flexibility index (Phi) is 10.5. The molecule has 4 aromatic carbocycles. The minimum atomic E-state index is -0.0316. The summed E-state index contributed by atoms with van der Waals surface area (Å²) >= 11 is 0. The van der Waals surface area contributed by atoms with E-state index >= 15 is 0 Å². The molecule has 51 heavy (non-hydrogen) atoms. The molecule has 0 amide bonds. The molecule has 1 N–H and O–H groups in total. The van der Waals surface area contributed by atoms with Crippen molar-refractivity contribution in [3.63, 3.8) is 0 Å². The van der Waals surface area contributed by atoms with Crippen molar-refractivity contribution in [2.45, 2.75) is 105 Å². The van der Waals surface area contributed by atoms with Gasteiger partial charge in [-0.1, -0.05) is 117 Å². The van der Waals surface area contributed by atoms with E-state index in [0.717, 1.165) is 50.4 Å². The molecule has 5 heteroatoms. The summed E-state index contributed by atoms with van der Waals surface area (Å²) in [6.07, 6.45) is 5.58. The number of ketones is 1. The van der Waals surface area contributed by atoms with Crippen molar-refractivity contribution >= 4 is 49.3 Å². The fourth-order valence-electron chi connectivity index (χ4n) is 7.30. The molecule has 0 saturated heterocycles. The number of rotatable bonds is 4. The summed E-state index contributed by atoms with van der Waals surface area (Å²) < 4.78 is 6.73. The third kappa shape index (κ3) is 7.30. The maximum absolute atomic E-state index is 11.0. The van der Waals surface area contributed by atoms with Gasteiger partial charge in [0.25, 0.3) is 0 Å². The third-order valence-corrected chi connectivity index (χ3v) is 10.6. The van der Waals surface area contributed by atoms with Crippen molar-refractivity contribution in [3.05, 3.63) is 101 Å². The van der Waals surface area contributed by atoms with Crippen molar-refractivity contribution in [1.82, 2.24) is 4.98 Å². The first kappa shape index (κ1) is 38.4. The standard InChI is InChI=1S/C37H36NO.C9H16O2.Ir/c1-35(2,3)30-19-24(18-22-10-8-9-11-25(22)30)33-27-21-28-26-12-13-29-32(37(6,7)16-15-36(29,4)5)34(26)39-31(28)20-23(27)14-17-38-33;1-6(2)8(10)5-9(11)7(3)4;/h8-14,17,19-21H,15-16H2,1-7H3;5-7,10H,1-4H3;/q-1;;/b;8-5-;. The number of aliphatic hydroxyl groups excluding tert-OH is 1. The number of aromatic nitrogens is 1. The molecule has 0 fully saturated rings. The summed E-state index contributed by atoms with van der Waals surface area (Å²) in [7, 11) is 0. The van der Waals surface area contributed by atoms with Crippen molar-refractivity contribution in [2.24, 2.45) is 11.8 Å². The molecule has 4 nitrogen and oxygen atoms in total. The fraction of sp³-hybridized carbons (Fsp3) is 0.391. The number of allylic oxidation sites excluding steroid dienone is 2. The van der Waals surface area contributed by atoms with Gasteiger partial charge in [-0.3, -0.25) is 9.78 Å². The number of carbonyl (C=O) groups is 1. The van der Waals surface area contributed by atoms with E-state index in [0.29, 0.717) is 0 Å². The van der Waals surface area contributed by atoms with Gasteiger partial charge in [-0.2, -0.15) is 0 Å². The van der Waals surface area contributed by atoms with E-state index in [1.165, 1.54) is 40.0 Å². The fourth-order valence-corrected chi connectivity index (χ4v) is 7.30. The average molecular weight is 859 g/mol. The van der Waals surface area contributed by atoms with E-state index in [2.05, 4.69) is 115 Å². The van der Waals surface area contributed by atoms with Crippen molar-refractivity contribution in [2.75, 3.05) is 0 Å². The van der Waals surface area contributed by atoms with Crippen LogP contribution in [0.2, 0.25) is 0 Å². The maximum atomic E-state index is 11.0. The minimum Gasteiger partial charge on any atom is -0.512 e. The zero-order valence-corrected chi connectivity index (χ0v) is 34.4. The van der Waals surface area contributed by atoms with Crippen LogP contribution in [0.15, 0.2) is 83.1 Å². The minimum absolute atomic E-state index is 0. The van der Waals surface area contributed by atoms with Crippen LogP contribution in [-0.2, 0) is 41.1 Å². The van der Waals surface area contributed by atoms with Crippen LogP contribution in [-0.4, -0.2) is 15.9 Å². The molecule has 6 aromatic rings. The van der Waals surface area contributed by atoms with E-state index in [9.17, 15) is 9.90 Å². The molecule has 0 unspecified atom stereocenters. The summed E-state index contributed by atoms with van der Waals surface area (Å²) in [5.74, 6) is 0.161. The number of fused-ring (bicyclic) bond motifs is 7. The predicted molar refractivity (Wildman–Crippen MR) is 210 cm³/mol. The molecule has 0 saturated carbocycles. The Bertz CT molecular complexity index is 2300. The molecule has 2 heterocycles. The van der Waals surface area contributed by atoms with Crippen LogP contribution in [0.25, 0.3) is 54.7 Å². The van der Waals surface area contributed by atoms with Gasteiger partial charge in [-0.25, -0.2) is 0 Å². The van der Waals surface area contributed by atoms with Gasteiger partial charge in [-0.15, -0.1) is 29.1 Å². The van der Waals surface area contributed by atoms with E-state index in [1.807, 2.05) is 33.9 Å². The molecule has 1 aliphatic rings. The Hall–Kier alpha value is -3.79.